The lowest BCUT2D eigenvalue weighted by Gasteiger charge is -2.49. The summed E-state index contributed by atoms with van der Waals surface area (Å²) < 4.78 is 17.3. The van der Waals surface area contributed by atoms with Crippen molar-refractivity contribution in [3.05, 3.63) is 47.5 Å². The van der Waals surface area contributed by atoms with Crippen molar-refractivity contribution in [2.24, 2.45) is 0 Å². The summed E-state index contributed by atoms with van der Waals surface area (Å²) in [7, 11) is 3.24. The maximum absolute atomic E-state index is 12.4. The molecule has 2 aromatic rings. The van der Waals surface area contributed by atoms with Crippen LogP contribution in [0.4, 0.5) is 4.79 Å². The number of carbonyl (C=O) groups excluding carboxylic acids is 1. The van der Waals surface area contributed by atoms with Crippen molar-refractivity contribution >= 4 is 6.03 Å². The maximum atomic E-state index is 12.4. The Morgan fingerprint density at radius 2 is 1.83 bits per heavy atom. The SMILES string of the molecule is COc1ccc([C@H]2C[C@@]3(CC(C)(C)NC(=O)N3)Oc3cc(O)ccc32)c(OC)c1. The molecular weight excluding hydrogens is 372 g/mol. The van der Waals surface area contributed by atoms with Crippen molar-refractivity contribution < 1.29 is 24.1 Å². The number of phenolic OH excluding ortho intramolecular Hbond substituents is 1. The predicted octanol–water partition coefficient (Wildman–Crippen LogP) is 3.50. The number of aromatic hydroxyl groups is 1. The van der Waals surface area contributed by atoms with Crippen molar-refractivity contribution in [2.75, 3.05) is 14.2 Å². The van der Waals surface area contributed by atoms with Gasteiger partial charge in [0.1, 0.15) is 23.0 Å². The highest BCUT2D eigenvalue weighted by atomic mass is 16.5. The summed E-state index contributed by atoms with van der Waals surface area (Å²) >= 11 is 0. The van der Waals surface area contributed by atoms with Gasteiger partial charge in [-0.3, -0.25) is 0 Å². The predicted molar refractivity (Wildman–Crippen MR) is 108 cm³/mol. The third kappa shape index (κ3) is 3.52. The number of methoxy groups -OCH3 is 2. The molecule has 154 valence electrons. The summed E-state index contributed by atoms with van der Waals surface area (Å²) in [5.74, 6) is 1.96. The van der Waals surface area contributed by atoms with E-state index >= 15 is 0 Å². The number of fused-ring (bicyclic) bond motifs is 1. The van der Waals surface area contributed by atoms with Crippen LogP contribution in [0.5, 0.6) is 23.0 Å². The van der Waals surface area contributed by atoms with Crippen LogP contribution in [0.2, 0.25) is 0 Å². The van der Waals surface area contributed by atoms with E-state index in [4.69, 9.17) is 14.2 Å². The van der Waals surface area contributed by atoms with Crippen molar-refractivity contribution in [3.8, 4) is 23.0 Å². The molecule has 1 spiro atoms. The molecular formula is C22H26N2O5. The quantitative estimate of drug-likeness (QED) is 0.736. The van der Waals surface area contributed by atoms with Crippen LogP contribution >= 0.6 is 0 Å². The molecule has 7 heteroatoms. The molecule has 1 saturated heterocycles. The monoisotopic (exact) mass is 398 g/mol. The van der Waals surface area contributed by atoms with Gasteiger partial charge in [0.05, 0.1) is 14.2 Å². The number of rotatable bonds is 3. The second-order valence-corrected chi connectivity index (χ2v) is 8.32. The van der Waals surface area contributed by atoms with E-state index in [1.54, 1.807) is 26.4 Å². The van der Waals surface area contributed by atoms with E-state index in [0.29, 0.717) is 30.1 Å². The fourth-order valence-electron chi connectivity index (χ4n) is 4.51. The topological polar surface area (TPSA) is 89.1 Å². The molecule has 0 aliphatic carbocycles. The second-order valence-electron chi connectivity index (χ2n) is 8.32. The first-order chi connectivity index (χ1) is 13.7. The number of nitrogens with one attached hydrogen (secondary N) is 2. The van der Waals surface area contributed by atoms with Crippen LogP contribution in [-0.4, -0.2) is 36.6 Å². The number of urea groups is 1. The van der Waals surface area contributed by atoms with Gasteiger partial charge in [-0.1, -0.05) is 12.1 Å². The number of hydrogen-bond donors (Lipinski definition) is 3. The summed E-state index contributed by atoms with van der Waals surface area (Å²) in [6.07, 6.45) is 1.10. The van der Waals surface area contributed by atoms with Gasteiger partial charge in [0.2, 0.25) is 0 Å². The van der Waals surface area contributed by atoms with E-state index in [-0.39, 0.29) is 17.7 Å². The van der Waals surface area contributed by atoms with Crippen LogP contribution < -0.4 is 24.8 Å². The first kappa shape index (κ1) is 19.2. The van der Waals surface area contributed by atoms with Gasteiger partial charge in [0.15, 0.2) is 5.72 Å². The standard InChI is InChI=1S/C22H26N2O5/c1-21(2)12-22(24-20(26)23-21)11-17(16-7-5-13(25)9-19(16)29-22)15-8-6-14(27-3)10-18(15)28-4/h5-10,17,25H,11-12H2,1-4H3,(H2,23,24,26)/t17-,22+/m1/s1. The molecule has 7 nitrogen and oxygen atoms in total. The van der Waals surface area contributed by atoms with Gasteiger partial charge in [0.25, 0.3) is 0 Å². The molecule has 0 aromatic heterocycles. The largest absolute Gasteiger partial charge is 0.508 e. The van der Waals surface area contributed by atoms with Gasteiger partial charge in [0, 0.05) is 47.6 Å². The highest BCUT2D eigenvalue weighted by molar-refractivity contribution is 5.77. The van der Waals surface area contributed by atoms with Crippen LogP contribution in [0.1, 0.15) is 43.7 Å². The molecule has 4 rings (SSSR count). The third-order valence-corrected chi connectivity index (χ3v) is 5.55. The van der Waals surface area contributed by atoms with Crippen LogP contribution in [0, 0.1) is 0 Å². The first-order valence-corrected chi connectivity index (χ1v) is 9.58. The Morgan fingerprint density at radius 3 is 2.52 bits per heavy atom. The molecule has 3 N–H and O–H groups in total. The highest BCUT2D eigenvalue weighted by Crippen LogP contribution is 2.49. The average molecular weight is 398 g/mol. The zero-order chi connectivity index (χ0) is 20.8. The number of carbonyl (C=O) groups is 1. The lowest BCUT2D eigenvalue weighted by atomic mass is 9.77. The highest BCUT2D eigenvalue weighted by Gasteiger charge is 2.50. The van der Waals surface area contributed by atoms with Gasteiger partial charge in [-0.25, -0.2) is 4.79 Å². The lowest BCUT2D eigenvalue weighted by molar-refractivity contribution is -0.0237. The molecule has 2 aromatic carbocycles. The Labute approximate surface area is 170 Å². The number of phenols is 1. The van der Waals surface area contributed by atoms with Crippen molar-refractivity contribution in [1.82, 2.24) is 10.6 Å². The zero-order valence-corrected chi connectivity index (χ0v) is 17.0. The van der Waals surface area contributed by atoms with Crippen LogP contribution in [0.25, 0.3) is 0 Å². The van der Waals surface area contributed by atoms with Gasteiger partial charge in [-0.05, 0) is 26.0 Å². The van der Waals surface area contributed by atoms with Crippen LogP contribution in [-0.2, 0) is 0 Å². The van der Waals surface area contributed by atoms with E-state index in [1.165, 1.54) is 0 Å². The number of hydrogen-bond acceptors (Lipinski definition) is 5. The normalized spacial score (nSPS) is 24.7. The van der Waals surface area contributed by atoms with Crippen molar-refractivity contribution in [1.29, 1.82) is 0 Å². The Morgan fingerprint density at radius 1 is 1.07 bits per heavy atom. The Hall–Kier alpha value is -3.09. The molecule has 2 amide bonds. The molecule has 2 aliphatic heterocycles. The minimum atomic E-state index is -0.901. The number of benzene rings is 2. The van der Waals surface area contributed by atoms with E-state index in [1.807, 2.05) is 38.1 Å². The Kier molecular flexibility index (Phi) is 4.48. The summed E-state index contributed by atoms with van der Waals surface area (Å²) in [5, 5.41) is 16.0. The molecule has 2 atom stereocenters. The lowest BCUT2D eigenvalue weighted by Crippen LogP contribution is -2.69. The van der Waals surface area contributed by atoms with Gasteiger partial charge in [-0.2, -0.15) is 0 Å². The summed E-state index contributed by atoms with van der Waals surface area (Å²) in [5.41, 5.74) is 0.559. The van der Waals surface area contributed by atoms with Gasteiger partial charge >= 0.3 is 6.03 Å². The molecule has 0 unspecified atom stereocenters. The van der Waals surface area contributed by atoms with E-state index in [2.05, 4.69) is 10.6 Å². The fourth-order valence-corrected chi connectivity index (χ4v) is 4.51. The maximum Gasteiger partial charge on any atom is 0.318 e. The second kappa shape index (κ2) is 6.76. The van der Waals surface area contributed by atoms with Crippen LogP contribution in [0.3, 0.4) is 0 Å². The number of amides is 2. The van der Waals surface area contributed by atoms with Gasteiger partial charge < -0.3 is 30.0 Å². The molecule has 2 heterocycles. The number of ether oxygens (including phenoxy) is 3. The minimum Gasteiger partial charge on any atom is -0.508 e. The third-order valence-electron chi connectivity index (χ3n) is 5.55. The van der Waals surface area contributed by atoms with Crippen molar-refractivity contribution in [3.63, 3.8) is 0 Å². The first-order valence-electron chi connectivity index (χ1n) is 9.58. The molecule has 0 radical (unpaired) electrons. The van der Waals surface area contributed by atoms with Crippen molar-refractivity contribution in [2.45, 2.75) is 43.9 Å². The summed E-state index contributed by atoms with van der Waals surface area (Å²) in [6, 6.07) is 10.6. The Bertz CT molecular complexity index is 958. The molecule has 0 saturated carbocycles. The summed E-state index contributed by atoms with van der Waals surface area (Å²) in [6.45, 7) is 3.94. The average Bonchev–Trinajstić information content (AvgIpc) is 2.64. The van der Waals surface area contributed by atoms with E-state index in [0.717, 1.165) is 11.1 Å². The molecule has 2 aliphatic rings. The molecule has 0 bridgehead atoms. The van der Waals surface area contributed by atoms with Gasteiger partial charge in [-0.15, -0.1) is 0 Å². The molecule has 1 fully saturated rings. The smallest absolute Gasteiger partial charge is 0.318 e. The minimum absolute atomic E-state index is 0.102. The van der Waals surface area contributed by atoms with Crippen LogP contribution in [0.15, 0.2) is 36.4 Å². The Balaban J connectivity index is 1.84. The van der Waals surface area contributed by atoms with E-state index in [9.17, 15) is 9.90 Å². The molecule has 29 heavy (non-hydrogen) atoms. The summed E-state index contributed by atoms with van der Waals surface area (Å²) in [4.78, 5) is 12.4. The van der Waals surface area contributed by atoms with E-state index < -0.39 is 11.3 Å². The fraction of sp³-hybridized carbons (Fsp3) is 0.409. The zero-order valence-electron chi connectivity index (χ0n) is 17.0.